The molecule has 0 saturated heterocycles. The summed E-state index contributed by atoms with van der Waals surface area (Å²) in [5.74, 6) is -0.440. The fourth-order valence-corrected chi connectivity index (χ4v) is 3.46. The fourth-order valence-electron chi connectivity index (χ4n) is 3.46. The van der Waals surface area contributed by atoms with E-state index in [1.165, 1.54) is 20.3 Å². The number of carbonyl (C=O) groups is 2. The van der Waals surface area contributed by atoms with Gasteiger partial charge in [-0.2, -0.15) is 5.10 Å². The molecule has 0 aliphatic rings. The Hall–Kier alpha value is -4.46. The molecule has 0 aliphatic carbocycles. The highest BCUT2D eigenvalue weighted by molar-refractivity contribution is 6.04. The van der Waals surface area contributed by atoms with Crippen LogP contribution in [0.4, 0.5) is 0 Å². The summed E-state index contributed by atoms with van der Waals surface area (Å²) in [5, 5.41) is 4.96. The van der Waals surface area contributed by atoms with Gasteiger partial charge < -0.3 is 14.2 Å². The minimum absolute atomic E-state index is 0.247. The van der Waals surface area contributed by atoms with Crippen LogP contribution in [0.2, 0.25) is 0 Å². The Balaban J connectivity index is 1.71. The van der Waals surface area contributed by atoms with Crippen molar-refractivity contribution in [2.24, 2.45) is 0 Å². The van der Waals surface area contributed by atoms with Gasteiger partial charge in [-0.15, -0.1) is 0 Å². The first-order valence-corrected chi connectivity index (χ1v) is 10.6. The molecule has 0 saturated carbocycles. The van der Waals surface area contributed by atoms with Crippen molar-refractivity contribution in [2.75, 3.05) is 14.2 Å². The normalized spacial score (nSPS) is 11.0. The highest BCUT2D eigenvalue weighted by Gasteiger charge is 2.20. The van der Waals surface area contributed by atoms with Crippen molar-refractivity contribution in [2.45, 2.75) is 13.5 Å². The van der Waals surface area contributed by atoms with Gasteiger partial charge in [-0.05, 0) is 36.8 Å². The van der Waals surface area contributed by atoms with Crippen LogP contribution in [0, 0.1) is 0 Å². The van der Waals surface area contributed by atoms with Crippen LogP contribution in [-0.2, 0) is 16.1 Å². The molecule has 4 aromatic rings. The lowest BCUT2D eigenvalue weighted by molar-refractivity contribution is -0.134. The van der Waals surface area contributed by atoms with Gasteiger partial charge in [-0.3, -0.25) is 0 Å². The highest BCUT2D eigenvalue weighted by atomic mass is 16.6. The minimum atomic E-state index is -0.559. The Morgan fingerprint density at radius 2 is 1.82 bits per heavy atom. The zero-order valence-corrected chi connectivity index (χ0v) is 19.0. The molecule has 0 aliphatic heterocycles. The quantitative estimate of drug-likeness (QED) is 0.229. The number of hydrogen-bond donors (Lipinski definition) is 0. The first-order chi connectivity index (χ1) is 16.5. The van der Waals surface area contributed by atoms with Crippen LogP contribution in [0.25, 0.3) is 28.4 Å². The number of carbonyl (C=O) groups excluding carboxylic acids is 2. The van der Waals surface area contributed by atoms with E-state index in [1.807, 2.05) is 37.3 Å². The summed E-state index contributed by atoms with van der Waals surface area (Å²) in [7, 11) is 2.78. The van der Waals surface area contributed by atoms with E-state index in [9.17, 15) is 9.59 Å². The number of aromatic nitrogens is 3. The first-order valence-electron chi connectivity index (χ1n) is 10.6. The highest BCUT2D eigenvalue weighted by Crippen LogP contribution is 2.31. The summed E-state index contributed by atoms with van der Waals surface area (Å²) in [4.78, 5) is 29.4. The van der Waals surface area contributed by atoms with E-state index in [2.05, 4.69) is 9.84 Å². The predicted molar refractivity (Wildman–Crippen MR) is 128 cm³/mol. The summed E-state index contributed by atoms with van der Waals surface area (Å²) in [5.41, 5.74) is 3.16. The molecule has 2 aromatic carbocycles. The molecule has 0 fully saturated rings. The minimum Gasteiger partial charge on any atom is -0.493 e. The van der Waals surface area contributed by atoms with E-state index in [4.69, 9.17) is 14.5 Å². The Morgan fingerprint density at radius 1 is 1.03 bits per heavy atom. The van der Waals surface area contributed by atoms with Gasteiger partial charge in [0.15, 0.2) is 17.1 Å². The second-order valence-electron chi connectivity index (χ2n) is 7.28. The van der Waals surface area contributed by atoms with Crippen molar-refractivity contribution in [3.8, 4) is 22.8 Å². The van der Waals surface area contributed by atoms with Crippen molar-refractivity contribution in [3.05, 3.63) is 78.0 Å². The number of benzene rings is 2. The second-order valence-corrected chi connectivity index (χ2v) is 7.28. The first kappa shape index (κ1) is 22.7. The molecule has 0 spiro atoms. The summed E-state index contributed by atoms with van der Waals surface area (Å²) >= 11 is 0. The molecule has 0 unspecified atom stereocenters. The van der Waals surface area contributed by atoms with E-state index >= 15 is 0 Å². The summed E-state index contributed by atoms with van der Waals surface area (Å²) in [6, 6.07) is 16.3. The van der Waals surface area contributed by atoms with Crippen molar-refractivity contribution in [3.63, 3.8) is 0 Å². The maximum Gasteiger partial charge on any atom is 0.344 e. The van der Waals surface area contributed by atoms with E-state index in [0.29, 0.717) is 40.1 Å². The van der Waals surface area contributed by atoms with Gasteiger partial charge in [0.1, 0.15) is 0 Å². The molecule has 0 bridgehead atoms. The van der Waals surface area contributed by atoms with E-state index in [1.54, 1.807) is 41.2 Å². The van der Waals surface area contributed by atoms with Crippen molar-refractivity contribution in [1.29, 1.82) is 0 Å². The molecule has 4 rings (SSSR count). The van der Waals surface area contributed by atoms with Gasteiger partial charge >= 0.3 is 11.9 Å². The van der Waals surface area contributed by atoms with Gasteiger partial charge in [0, 0.05) is 18.2 Å². The van der Waals surface area contributed by atoms with Gasteiger partial charge in [0.25, 0.3) is 0 Å². The molecule has 172 valence electrons. The van der Waals surface area contributed by atoms with Crippen LogP contribution in [0.5, 0.6) is 11.5 Å². The molecule has 34 heavy (non-hydrogen) atoms. The molecule has 8 nitrogen and oxygen atoms in total. The third-order valence-corrected chi connectivity index (χ3v) is 5.20. The lowest BCUT2D eigenvalue weighted by Gasteiger charge is -2.11. The molecule has 0 N–H and O–H groups in total. The van der Waals surface area contributed by atoms with Gasteiger partial charge in [-0.1, -0.05) is 36.4 Å². The summed E-state index contributed by atoms with van der Waals surface area (Å²) < 4.78 is 17.5. The van der Waals surface area contributed by atoms with E-state index < -0.39 is 11.9 Å². The van der Waals surface area contributed by atoms with E-state index in [-0.39, 0.29) is 5.75 Å². The molecule has 2 heterocycles. The number of hydrogen-bond acceptors (Lipinski definition) is 7. The van der Waals surface area contributed by atoms with Crippen LogP contribution in [-0.4, -0.2) is 40.9 Å². The standard InChI is InChI=1S/C26H23N3O5/c1-4-29-25-20(16-27-29)19(15-21(28-25)18-8-6-5-7-9-18)26(31)34-22-12-10-17(14-23(22)32-2)11-13-24(30)33-3/h5-16H,4H2,1-3H3/b13-11+. The van der Waals surface area contributed by atoms with Crippen molar-refractivity contribution >= 4 is 29.0 Å². The number of aryl methyl sites for hydroxylation is 1. The number of pyridine rings is 1. The maximum absolute atomic E-state index is 13.3. The number of fused-ring (bicyclic) bond motifs is 1. The van der Waals surface area contributed by atoms with Crippen molar-refractivity contribution < 1.29 is 23.8 Å². The smallest absolute Gasteiger partial charge is 0.344 e. The third kappa shape index (κ3) is 4.66. The number of nitrogens with zero attached hydrogens (tertiary/aromatic N) is 3. The predicted octanol–water partition coefficient (Wildman–Crippen LogP) is 4.53. The molecular formula is C26H23N3O5. The molecule has 0 radical (unpaired) electrons. The number of ether oxygens (including phenoxy) is 3. The van der Waals surface area contributed by atoms with E-state index in [0.717, 1.165) is 5.56 Å². The summed E-state index contributed by atoms with van der Waals surface area (Å²) in [6.45, 7) is 2.57. The topological polar surface area (TPSA) is 92.5 Å². The van der Waals surface area contributed by atoms with Crippen LogP contribution in [0.15, 0.2) is 66.9 Å². The SMILES string of the molecule is CCn1ncc2c(C(=O)Oc3ccc(/C=C/C(=O)OC)cc3OC)cc(-c3ccccc3)nc21. The second kappa shape index (κ2) is 9.99. The lowest BCUT2D eigenvalue weighted by Crippen LogP contribution is -2.11. The molecular weight excluding hydrogens is 434 g/mol. The monoisotopic (exact) mass is 457 g/mol. The number of methoxy groups -OCH3 is 2. The van der Waals surface area contributed by atoms with Crippen LogP contribution in [0.3, 0.4) is 0 Å². The molecule has 2 aromatic heterocycles. The van der Waals surface area contributed by atoms with Crippen LogP contribution >= 0.6 is 0 Å². The third-order valence-electron chi connectivity index (χ3n) is 5.20. The summed E-state index contributed by atoms with van der Waals surface area (Å²) in [6.07, 6.45) is 4.50. The maximum atomic E-state index is 13.3. The Bertz CT molecular complexity index is 1380. The Morgan fingerprint density at radius 3 is 2.53 bits per heavy atom. The van der Waals surface area contributed by atoms with Crippen LogP contribution < -0.4 is 9.47 Å². The molecule has 8 heteroatoms. The van der Waals surface area contributed by atoms with Crippen LogP contribution in [0.1, 0.15) is 22.8 Å². The zero-order chi connectivity index (χ0) is 24.1. The average molecular weight is 457 g/mol. The number of rotatable bonds is 7. The average Bonchev–Trinajstić information content (AvgIpc) is 3.30. The largest absolute Gasteiger partial charge is 0.493 e. The number of esters is 2. The van der Waals surface area contributed by atoms with Gasteiger partial charge in [-0.25, -0.2) is 19.3 Å². The van der Waals surface area contributed by atoms with Gasteiger partial charge in [0.2, 0.25) is 0 Å². The van der Waals surface area contributed by atoms with Crippen molar-refractivity contribution in [1.82, 2.24) is 14.8 Å². The molecule has 0 amide bonds. The lowest BCUT2D eigenvalue weighted by atomic mass is 10.1. The van der Waals surface area contributed by atoms with Gasteiger partial charge in [0.05, 0.1) is 37.1 Å². The fraction of sp³-hybridized carbons (Fsp3) is 0.154. The Labute approximate surface area is 196 Å². The zero-order valence-electron chi connectivity index (χ0n) is 19.0. The Kier molecular flexibility index (Phi) is 6.68. The molecule has 0 atom stereocenters.